The maximum Gasteiger partial charge on any atom is 0.264 e. The van der Waals surface area contributed by atoms with Crippen LogP contribution in [0.5, 0.6) is 0 Å². The van der Waals surface area contributed by atoms with E-state index in [0.29, 0.717) is 5.75 Å². The van der Waals surface area contributed by atoms with Crippen LogP contribution < -0.4 is 5.32 Å². The Bertz CT molecular complexity index is 703. The van der Waals surface area contributed by atoms with Crippen LogP contribution >= 0.6 is 11.8 Å². The van der Waals surface area contributed by atoms with E-state index >= 15 is 0 Å². The fraction of sp³-hybridized carbons (Fsp3) is 0.810. The van der Waals surface area contributed by atoms with Gasteiger partial charge in [0, 0.05) is 11.3 Å². The minimum atomic E-state index is -0.344. The van der Waals surface area contributed by atoms with Gasteiger partial charge >= 0.3 is 0 Å². The van der Waals surface area contributed by atoms with Crippen molar-refractivity contribution in [2.45, 2.75) is 76.3 Å². The van der Waals surface area contributed by atoms with Crippen LogP contribution in [0.2, 0.25) is 0 Å². The molecule has 0 unspecified atom stereocenters. The van der Waals surface area contributed by atoms with Gasteiger partial charge in [0.05, 0.1) is 5.37 Å². The average molecular weight is 391 g/mol. The zero-order chi connectivity index (χ0) is 19.1. The summed E-state index contributed by atoms with van der Waals surface area (Å²) < 4.78 is 0. The first-order valence-corrected chi connectivity index (χ1v) is 11.4. The minimum Gasteiger partial charge on any atom is -0.509 e. The van der Waals surface area contributed by atoms with Crippen LogP contribution in [-0.2, 0) is 9.59 Å². The Labute approximate surface area is 165 Å². The number of aliphatic hydroxyl groups is 1. The van der Waals surface area contributed by atoms with Crippen molar-refractivity contribution in [1.29, 1.82) is 0 Å². The number of nitrogens with zero attached hydrogens (tertiary/aromatic N) is 1. The van der Waals surface area contributed by atoms with Gasteiger partial charge in [-0.25, -0.2) is 0 Å². The molecule has 148 valence electrons. The highest BCUT2D eigenvalue weighted by Crippen LogP contribution is 2.56. The van der Waals surface area contributed by atoms with Gasteiger partial charge in [0.25, 0.3) is 11.8 Å². The lowest BCUT2D eigenvalue weighted by Gasteiger charge is -2.56. The molecule has 5 fully saturated rings. The summed E-state index contributed by atoms with van der Waals surface area (Å²) in [6.45, 7) is 6.31. The Balaban J connectivity index is 1.38. The van der Waals surface area contributed by atoms with Gasteiger partial charge in [-0.2, -0.15) is 0 Å². The normalized spacial score (nSPS) is 42.9. The molecule has 2 heterocycles. The average Bonchev–Trinajstić information content (AvgIpc) is 3.06. The molecule has 5 nitrogen and oxygen atoms in total. The van der Waals surface area contributed by atoms with Crippen LogP contribution in [0, 0.1) is 23.2 Å². The van der Waals surface area contributed by atoms with Gasteiger partial charge in [-0.3, -0.25) is 9.59 Å². The number of hydrogen-bond acceptors (Lipinski definition) is 4. The second-order valence-electron chi connectivity index (χ2n) is 10.7. The van der Waals surface area contributed by atoms with Crippen LogP contribution in [0.1, 0.15) is 59.3 Å². The fourth-order valence-electron chi connectivity index (χ4n) is 6.82. The molecule has 4 aliphatic carbocycles. The Hall–Kier alpha value is -1.17. The largest absolute Gasteiger partial charge is 0.509 e. The number of rotatable bonds is 2. The zero-order valence-corrected chi connectivity index (χ0v) is 17.3. The summed E-state index contributed by atoms with van der Waals surface area (Å²) in [7, 11) is 0. The van der Waals surface area contributed by atoms with Crippen LogP contribution in [-0.4, -0.2) is 44.5 Å². The van der Waals surface area contributed by atoms with Crippen LogP contribution in [0.4, 0.5) is 0 Å². The molecule has 0 spiro atoms. The van der Waals surface area contributed by atoms with Gasteiger partial charge in [0.15, 0.2) is 0 Å². The molecule has 4 bridgehead atoms. The summed E-state index contributed by atoms with van der Waals surface area (Å²) in [4.78, 5) is 28.0. The summed E-state index contributed by atoms with van der Waals surface area (Å²) in [6, 6.07) is -0.344. The van der Waals surface area contributed by atoms with Gasteiger partial charge < -0.3 is 15.3 Å². The second-order valence-corrected chi connectivity index (χ2v) is 11.8. The van der Waals surface area contributed by atoms with E-state index in [1.54, 1.807) is 16.7 Å². The van der Waals surface area contributed by atoms with E-state index in [2.05, 4.69) is 26.1 Å². The number of thioether (sulfide) groups is 1. The van der Waals surface area contributed by atoms with Gasteiger partial charge in [-0.05, 0) is 61.7 Å². The highest BCUT2D eigenvalue weighted by atomic mass is 32.2. The summed E-state index contributed by atoms with van der Waals surface area (Å²) in [5.74, 6) is 2.19. The molecule has 0 radical (unpaired) electrons. The van der Waals surface area contributed by atoms with Crippen molar-refractivity contribution in [1.82, 2.24) is 10.2 Å². The summed E-state index contributed by atoms with van der Waals surface area (Å²) in [6.07, 6.45) is 7.05. The zero-order valence-electron chi connectivity index (χ0n) is 16.5. The van der Waals surface area contributed by atoms with Gasteiger partial charge in [0.1, 0.15) is 17.4 Å². The molecule has 0 aromatic heterocycles. The van der Waals surface area contributed by atoms with Gasteiger partial charge in [-0.1, -0.05) is 20.8 Å². The van der Waals surface area contributed by atoms with Crippen LogP contribution in [0.3, 0.4) is 0 Å². The molecule has 6 rings (SSSR count). The summed E-state index contributed by atoms with van der Waals surface area (Å²) >= 11 is 1.70. The Morgan fingerprint density at radius 2 is 1.70 bits per heavy atom. The van der Waals surface area contributed by atoms with Crippen molar-refractivity contribution in [3.63, 3.8) is 0 Å². The Kier molecular flexibility index (Phi) is 3.76. The molecule has 1 saturated heterocycles. The lowest BCUT2D eigenvalue weighted by Crippen LogP contribution is -2.60. The van der Waals surface area contributed by atoms with Gasteiger partial charge in [-0.15, -0.1) is 11.8 Å². The molecule has 0 aromatic rings. The summed E-state index contributed by atoms with van der Waals surface area (Å²) in [5.41, 5.74) is -0.239. The number of carbonyl (C=O) groups is 2. The highest BCUT2D eigenvalue weighted by molar-refractivity contribution is 8.00. The van der Waals surface area contributed by atoms with Crippen LogP contribution in [0.15, 0.2) is 11.3 Å². The molecule has 27 heavy (non-hydrogen) atoms. The molecule has 2 aliphatic heterocycles. The number of nitrogens with one attached hydrogen (secondary N) is 1. The monoisotopic (exact) mass is 390 g/mol. The predicted molar refractivity (Wildman–Crippen MR) is 105 cm³/mol. The lowest BCUT2D eigenvalue weighted by molar-refractivity contribution is -0.132. The molecule has 2 atom stereocenters. The van der Waals surface area contributed by atoms with E-state index < -0.39 is 0 Å². The summed E-state index contributed by atoms with van der Waals surface area (Å²) in [5, 5.41) is 14.0. The first-order valence-electron chi connectivity index (χ1n) is 10.4. The first-order chi connectivity index (χ1) is 12.7. The first kappa shape index (κ1) is 17.9. The maximum atomic E-state index is 13.2. The Morgan fingerprint density at radius 3 is 2.22 bits per heavy atom. The molecule has 4 saturated carbocycles. The Morgan fingerprint density at radius 1 is 1.15 bits per heavy atom. The number of hydrogen-bond donors (Lipinski definition) is 2. The van der Waals surface area contributed by atoms with Gasteiger partial charge in [0.2, 0.25) is 0 Å². The third-order valence-corrected chi connectivity index (χ3v) is 9.16. The number of amides is 2. The number of fused-ring (bicyclic) bond motifs is 1. The third-order valence-electron chi connectivity index (χ3n) is 7.41. The molecule has 6 aliphatic rings. The number of carbonyl (C=O) groups excluding carboxylic acids is 2. The topological polar surface area (TPSA) is 69.6 Å². The standard InChI is InChI=1S/C21H30N2O3S/c1-20(2,3)19-23-14(10-27-19)16(24)15(18(23)26)17(25)22-21-7-11-4-12(8-21)6-13(5-11)9-21/h11-14,19,24H,4-10H2,1-3H3,(H,22,25)/t11?,12?,13?,14-,19-,21?/m1/s1. The van der Waals surface area contributed by atoms with E-state index in [0.717, 1.165) is 37.0 Å². The SMILES string of the molecule is CC(C)(C)[C@H]1SC[C@@H]2C(O)=C(C(=O)NC34CC5CC(CC(C5)C3)C4)C(=O)N21. The van der Waals surface area contributed by atoms with Crippen molar-refractivity contribution < 1.29 is 14.7 Å². The van der Waals surface area contributed by atoms with Crippen molar-refractivity contribution in [2.75, 3.05) is 5.75 Å². The van der Waals surface area contributed by atoms with E-state index in [1.807, 2.05) is 0 Å². The fourth-order valence-corrected chi connectivity index (χ4v) is 8.40. The highest BCUT2D eigenvalue weighted by Gasteiger charge is 2.55. The molecular weight excluding hydrogens is 360 g/mol. The van der Waals surface area contributed by atoms with Crippen molar-refractivity contribution in [3.8, 4) is 0 Å². The maximum absolute atomic E-state index is 13.2. The smallest absolute Gasteiger partial charge is 0.264 e. The minimum absolute atomic E-state index is 0.00490. The molecule has 2 amide bonds. The molecular formula is C21H30N2O3S. The third kappa shape index (κ3) is 2.65. The molecule has 2 N–H and O–H groups in total. The van der Waals surface area contributed by atoms with E-state index in [-0.39, 0.29) is 45.5 Å². The molecule has 0 aromatic carbocycles. The van der Waals surface area contributed by atoms with Crippen LogP contribution in [0.25, 0.3) is 0 Å². The van der Waals surface area contributed by atoms with Crippen molar-refractivity contribution >= 4 is 23.6 Å². The number of aliphatic hydroxyl groups excluding tert-OH is 1. The van der Waals surface area contributed by atoms with E-state index in [4.69, 9.17) is 0 Å². The second kappa shape index (κ2) is 5.68. The quantitative estimate of drug-likeness (QED) is 0.711. The predicted octanol–water partition coefficient (Wildman–Crippen LogP) is 3.21. The lowest BCUT2D eigenvalue weighted by atomic mass is 9.53. The van der Waals surface area contributed by atoms with Crippen molar-refractivity contribution in [2.24, 2.45) is 23.2 Å². The van der Waals surface area contributed by atoms with E-state index in [9.17, 15) is 14.7 Å². The van der Waals surface area contributed by atoms with Crippen molar-refractivity contribution in [3.05, 3.63) is 11.3 Å². The molecule has 6 heteroatoms. The van der Waals surface area contributed by atoms with E-state index in [1.165, 1.54) is 19.3 Å².